The first-order valence-corrected chi connectivity index (χ1v) is 10.8. The Hall–Kier alpha value is -2.03. The maximum Gasteiger partial charge on any atom is 0.167 e. The van der Waals surface area contributed by atoms with Crippen molar-refractivity contribution in [1.29, 1.82) is 0 Å². The van der Waals surface area contributed by atoms with Crippen molar-refractivity contribution in [3.63, 3.8) is 0 Å². The summed E-state index contributed by atoms with van der Waals surface area (Å²) in [5.41, 5.74) is 1.34. The molecular formula is C26H29F3. The number of hydrogen-bond acceptors (Lipinski definition) is 0. The summed E-state index contributed by atoms with van der Waals surface area (Å²) < 4.78 is 44.2. The standard InChI is InChI=1S/C26H29F3/c1-3-4-17-6-7-19-15-20(9-8-18(19)14-17)21-11-12-23(26(29)25(21)28)22-10-5-16(2)13-24(22)27/h3-5,10-13,17-20H,6-9,14-15H2,1-2H3/b4-3+. The van der Waals surface area contributed by atoms with Crippen molar-refractivity contribution in [3.8, 4) is 11.1 Å². The molecule has 2 aromatic rings. The summed E-state index contributed by atoms with van der Waals surface area (Å²) >= 11 is 0. The van der Waals surface area contributed by atoms with Crippen LogP contribution >= 0.6 is 0 Å². The third-order valence-electron chi connectivity index (χ3n) is 7.08. The van der Waals surface area contributed by atoms with Gasteiger partial charge in [-0.2, -0.15) is 0 Å². The van der Waals surface area contributed by atoms with Crippen molar-refractivity contribution in [1.82, 2.24) is 0 Å². The van der Waals surface area contributed by atoms with E-state index >= 15 is 4.39 Å². The third kappa shape index (κ3) is 4.01. The lowest BCUT2D eigenvalue weighted by atomic mass is 9.64. The highest BCUT2D eigenvalue weighted by Crippen LogP contribution is 2.48. The Balaban J connectivity index is 1.55. The molecule has 0 radical (unpaired) electrons. The molecule has 0 aliphatic heterocycles. The average Bonchev–Trinajstić information content (AvgIpc) is 2.70. The minimum Gasteiger partial charge on any atom is -0.206 e. The van der Waals surface area contributed by atoms with E-state index in [1.165, 1.54) is 31.4 Å². The van der Waals surface area contributed by atoms with Gasteiger partial charge in [0.1, 0.15) is 5.82 Å². The van der Waals surface area contributed by atoms with Gasteiger partial charge in [0.25, 0.3) is 0 Å². The van der Waals surface area contributed by atoms with Crippen LogP contribution in [0.5, 0.6) is 0 Å². The number of allylic oxidation sites excluding steroid dienone is 2. The molecule has 0 aromatic heterocycles. The number of aryl methyl sites for hydroxylation is 1. The zero-order valence-electron chi connectivity index (χ0n) is 17.2. The van der Waals surface area contributed by atoms with Crippen molar-refractivity contribution in [2.45, 2.75) is 58.3 Å². The lowest BCUT2D eigenvalue weighted by Gasteiger charge is -2.42. The summed E-state index contributed by atoms with van der Waals surface area (Å²) in [6.07, 6.45) is 11.0. The van der Waals surface area contributed by atoms with Crippen LogP contribution in [0.15, 0.2) is 42.5 Å². The van der Waals surface area contributed by atoms with E-state index in [1.54, 1.807) is 25.1 Å². The van der Waals surface area contributed by atoms with Gasteiger partial charge in [-0.3, -0.25) is 0 Å². The predicted octanol–water partition coefficient (Wildman–Crippen LogP) is 7.96. The van der Waals surface area contributed by atoms with Gasteiger partial charge < -0.3 is 0 Å². The highest BCUT2D eigenvalue weighted by Gasteiger charge is 2.36. The topological polar surface area (TPSA) is 0 Å². The van der Waals surface area contributed by atoms with Crippen LogP contribution in [0, 0.1) is 42.1 Å². The van der Waals surface area contributed by atoms with Crippen LogP contribution in [0.25, 0.3) is 11.1 Å². The molecule has 0 bridgehead atoms. The molecule has 154 valence electrons. The molecule has 29 heavy (non-hydrogen) atoms. The fraction of sp³-hybridized carbons (Fsp3) is 0.462. The Kier molecular flexibility index (Phi) is 5.85. The van der Waals surface area contributed by atoms with Gasteiger partial charge >= 0.3 is 0 Å². The Morgan fingerprint density at radius 2 is 1.55 bits per heavy atom. The third-order valence-corrected chi connectivity index (χ3v) is 7.08. The van der Waals surface area contributed by atoms with Gasteiger partial charge in [-0.1, -0.05) is 36.4 Å². The summed E-state index contributed by atoms with van der Waals surface area (Å²) in [5, 5.41) is 0. The van der Waals surface area contributed by atoms with Gasteiger partial charge in [0.2, 0.25) is 0 Å². The SMILES string of the molecule is C/C=C/C1CCC2CC(c3ccc(-c4ccc(C)cc4F)c(F)c3F)CCC2C1. The minimum absolute atomic E-state index is 0.00398. The summed E-state index contributed by atoms with van der Waals surface area (Å²) in [7, 11) is 0. The molecule has 2 aliphatic carbocycles. The van der Waals surface area contributed by atoms with Crippen LogP contribution in [-0.4, -0.2) is 0 Å². The number of rotatable bonds is 3. The monoisotopic (exact) mass is 398 g/mol. The zero-order valence-corrected chi connectivity index (χ0v) is 17.2. The summed E-state index contributed by atoms with van der Waals surface area (Å²) in [6.45, 7) is 3.85. The highest BCUT2D eigenvalue weighted by molar-refractivity contribution is 5.66. The molecule has 0 spiro atoms. The maximum absolute atomic E-state index is 15.0. The molecule has 0 amide bonds. The number of benzene rings is 2. The van der Waals surface area contributed by atoms with Crippen molar-refractivity contribution in [3.05, 3.63) is 71.1 Å². The van der Waals surface area contributed by atoms with Crippen LogP contribution in [0.1, 0.15) is 62.5 Å². The molecule has 2 aromatic carbocycles. The molecule has 3 heteroatoms. The van der Waals surface area contributed by atoms with Gasteiger partial charge in [0, 0.05) is 11.1 Å². The van der Waals surface area contributed by atoms with Gasteiger partial charge in [0.05, 0.1) is 0 Å². The number of hydrogen-bond donors (Lipinski definition) is 0. The van der Waals surface area contributed by atoms with Crippen molar-refractivity contribution in [2.75, 3.05) is 0 Å². The molecule has 0 nitrogen and oxygen atoms in total. The fourth-order valence-corrected chi connectivity index (χ4v) is 5.58. The maximum atomic E-state index is 15.0. The van der Waals surface area contributed by atoms with E-state index in [0.717, 1.165) is 24.8 Å². The van der Waals surface area contributed by atoms with Gasteiger partial charge in [-0.25, -0.2) is 13.2 Å². The first-order valence-electron chi connectivity index (χ1n) is 10.8. The second kappa shape index (κ2) is 8.38. The average molecular weight is 399 g/mol. The molecule has 2 fully saturated rings. The van der Waals surface area contributed by atoms with E-state index in [9.17, 15) is 8.78 Å². The highest BCUT2D eigenvalue weighted by atomic mass is 19.2. The Labute approximate surface area is 171 Å². The lowest BCUT2D eigenvalue weighted by molar-refractivity contribution is 0.132. The second-order valence-corrected chi connectivity index (χ2v) is 8.94. The summed E-state index contributed by atoms with van der Waals surface area (Å²) in [4.78, 5) is 0. The van der Waals surface area contributed by atoms with Crippen molar-refractivity contribution < 1.29 is 13.2 Å². The van der Waals surface area contributed by atoms with E-state index in [1.807, 2.05) is 0 Å². The molecule has 0 saturated heterocycles. The van der Waals surface area contributed by atoms with E-state index in [-0.39, 0.29) is 17.0 Å². The summed E-state index contributed by atoms with van der Waals surface area (Å²) in [5.74, 6) is -0.203. The normalized spacial score (nSPS) is 27.2. The molecule has 4 unspecified atom stereocenters. The Morgan fingerprint density at radius 3 is 2.31 bits per heavy atom. The van der Waals surface area contributed by atoms with Crippen molar-refractivity contribution >= 4 is 0 Å². The Bertz CT molecular complexity index is 914. The van der Waals surface area contributed by atoms with Gasteiger partial charge in [-0.05, 0) is 93.2 Å². The number of fused-ring (bicyclic) bond motifs is 1. The number of halogens is 3. The summed E-state index contributed by atoms with van der Waals surface area (Å²) in [6, 6.07) is 7.83. The predicted molar refractivity (Wildman–Crippen MR) is 112 cm³/mol. The Morgan fingerprint density at radius 1 is 0.828 bits per heavy atom. The van der Waals surface area contributed by atoms with Crippen molar-refractivity contribution in [2.24, 2.45) is 17.8 Å². The van der Waals surface area contributed by atoms with Gasteiger partial charge in [-0.15, -0.1) is 0 Å². The lowest BCUT2D eigenvalue weighted by Crippen LogP contribution is -2.30. The molecule has 4 rings (SSSR count). The molecule has 4 atom stereocenters. The zero-order chi connectivity index (χ0) is 20.5. The molecule has 2 saturated carbocycles. The van der Waals surface area contributed by atoms with E-state index in [0.29, 0.717) is 23.3 Å². The molecule has 2 aliphatic rings. The fourth-order valence-electron chi connectivity index (χ4n) is 5.58. The van der Waals surface area contributed by atoms with Crippen LogP contribution < -0.4 is 0 Å². The van der Waals surface area contributed by atoms with Gasteiger partial charge in [0.15, 0.2) is 11.6 Å². The first-order chi connectivity index (χ1) is 14.0. The first kappa shape index (κ1) is 20.3. The quantitative estimate of drug-likeness (QED) is 0.460. The van der Waals surface area contributed by atoms with E-state index in [4.69, 9.17) is 0 Å². The van der Waals surface area contributed by atoms with E-state index < -0.39 is 17.5 Å². The van der Waals surface area contributed by atoms with Crippen LogP contribution in [0.2, 0.25) is 0 Å². The van der Waals surface area contributed by atoms with Crippen LogP contribution in [0.4, 0.5) is 13.2 Å². The molecule has 0 N–H and O–H groups in total. The molecular weight excluding hydrogens is 369 g/mol. The molecule has 0 heterocycles. The minimum atomic E-state index is -0.927. The van der Waals surface area contributed by atoms with Crippen LogP contribution in [0.3, 0.4) is 0 Å². The van der Waals surface area contributed by atoms with E-state index in [2.05, 4.69) is 19.1 Å². The second-order valence-electron chi connectivity index (χ2n) is 8.94. The largest absolute Gasteiger partial charge is 0.206 e. The smallest absolute Gasteiger partial charge is 0.167 e. The van der Waals surface area contributed by atoms with Crippen LogP contribution in [-0.2, 0) is 0 Å².